The van der Waals surface area contributed by atoms with Gasteiger partial charge < -0.3 is 14.2 Å². The number of piperazine rings is 1. The number of hydrogen-bond acceptors (Lipinski definition) is 8. The lowest BCUT2D eigenvalue weighted by Gasteiger charge is -2.42. The van der Waals surface area contributed by atoms with Crippen LogP contribution in [-0.4, -0.2) is 77.4 Å². The molecule has 0 radical (unpaired) electrons. The summed E-state index contributed by atoms with van der Waals surface area (Å²) in [4.78, 5) is 29.6. The number of anilines is 2. The van der Waals surface area contributed by atoms with Crippen molar-refractivity contribution in [3.05, 3.63) is 46.4 Å². The molecule has 2 aromatic heterocycles. The number of halogens is 1. The Balaban J connectivity index is 1.44. The Bertz CT molecular complexity index is 1250. The van der Waals surface area contributed by atoms with Gasteiger partial charge in [-0.1, -0.05) is 6.92 Å². The summed E-state index contributed by atoms with van der Waals surface area (Å²) in [6, 6.07) is 8.51. The van der Waals surface area contributed by atoms with E-state index in [9.17, 15) is 4.79 Å². The minimum atomic E-state index is -0.339. The maximum Gasteiger partial charge on any atom is 0.347 e. The second-order valence-corrected chi connectivity index (χ2v) is 11.0. The second-order valence-electron chi connectivity index (χ2n) is 9.59. The standard InChI is InChI=1S/C26H33IN6O2/c1-4-18-16-20(30(2)3)17-22-23(18)26(34)35-25(29-22)21-6-5-9-28-24(21)32-14-12-31(13-15-32)19-7-10-33(27)11-8-19/h5-6,9,16-17,19H,4,7-8,10-15H2,1-3H3. The van der Waals surface area contributed by atoms with Crippen LogP contribution < -0.4 is 15.4 Å². The van der Waals surface area contributed by atoms with Crippen molar-refractivity contribution in [2.45, 2.75) is 32.2 Å². The summed E-state index contributed by atoms with van der Waals surface area (Å²) in [5.74, 6) is 1.17. The second kappa shape index (κ2) is 10.4. The number of hydrogen-bond donors (Lipinski definition) is 0. The monoisotopic (exact) mass is 588 g/mol. The van der Waals surface area contributed by atoms with Gasteiger partial charge in [0, 0.05) is 94.2 Å². The van der Waals surface area contributed by atoms with Gasteiger partial charge in [-0.25, -0.2) is 17.9 Å². The highest BCUT2D eigenvalue weighted by molar-refractivity contribution is 14.1. The molecule has 186 valence electrons. The van der Waals surface area contributed by atoms with Gasteiger partial charge in [0.05, 0.1) is 16.5 Å². The molecule has 0 N–H and O–H groups in total. The summed E-state index contributed by atoms with van der Waals surface area (Å²) in [5.41, 5.74) is 3.07. The fourth-order valence-electron chi connectivity index (χ4n) is 5.23. The highest BCUT2D eigenvalue weighted by Crippen LogP contribution is 2.31. The van der Waals surface area contributed by atoms with Crippen LogP contribution in [0.3, 0.4) is 0 Å². The molecule has 0 unspecified atom stereocenters. The lowest BCUT2D eigenvalue weighted by molar-refractivity contribution is 0.139. The SMILES string of the molecule is CCc1cc(N(C)C)cc2nc(-c3cccnc3N3CCN(C4CCN(I)CC4)CC3)oc(=O)c12. The largest absolute Gasteiger partial charge is 0.403 e. The van der Waals surface area contributed by atoms with E-state index in [1.807, 2.05) is 50.2 Å². The third-order valence-electron chi connectivity index (χ3n) is 7.25. The van der Waals surface area contributed by atoms with Crippen LogP contribution in [0.25, 0.3) is 22.4 Å². The average Bonchev–Trinajstić information content (AvgIpc) is 2.88. The van der Waals surface area contributed by atoms with Crippen molar-refractivity contribution in [2.75, 3.05) is 63.2 Å². The summed E-state index contributed by atoms with van der Waals surface area (Å²) >= 11 is 2.43. The van der Waals surface area contributed by atoms with E-state index in [0.717, 1.165) is 68.3 Å². The molecule has 2 saturated heterocycles. The number of aromatic nitrogens is 2. The third-order valence-corrected chi connectivity index (χ3v) is 8.22. The zero-order valence-corrected chi connectivity index (χ0v) is 22.9. The first kappa shape index (κ1) is 24.5. The van der Waals surface area contributed by atoms with Crippen molar-refractivity contribution in [2.24, 2.45) is 0 Å². The Morgan fingerprint density at radius 3 is 2.54 bits per heavy atom. The summed E-state index contributed by atoms with van der Waals surface area (Å²) < 4.78 is 8.20. The average molecular weight is 588 g/mol. The Hall–Kier alpha value is -2.24. The predicted molar refractivity (Wildman–Crippen MR) is 150 cm³/mol. The fourth-order valence-corrected chi connectivity index (χ4v) is 5.79. The van der Waals surface area contributed by atoms with Gasteiger partial charge in [-0.3, -0.25) is 4.90 Å². The molecule has 5 rings (SSSR count). The smallest absolute Gasteiger partial charge is 0.347 e. The molecule has 0 amide bonds. The molecule has 1 aromatic carbocycles. The highest BCUT2D eigenvalue weighted by Gasteiger charge is 2.28. The molecule has 0 spiro atoms. The molecule has 2 aliphatic heterocycles. The van der Waals surface area contributed by atoms with Crippen molar-refractivity contribution < 1.29 is 4.42 Å². The van der Waals surface area contributed by atoms with E-state index in [0.29, 0.717) is 22.8 Å². The van der Waals surface area contributed by atoms with Gasteiger partial charge in [-0.2, -0.15) is 0 Å². The Kier molecular flexibility index (Phi) is 7.26. The quantitative estimate of drug-likeness (QED) is 0.330. The minimum Gasteiger partial charge on any atom is -0.403 e. The van der Waals surface area contributed by atoms with E-state index in [4.69, 9.17) is 14.4 Å². The number of piperidine rings is 1. The van der Waals surface area contributed by atoms with Crippen LogP contribution in [0.5, 0.6) is 0 Å². The summed E-state index contributed by atoms with van der Waals surface area (Å²) in [6.45, 7) is 8.21. The Labute approximate surface area is 220 Å². The molecule has 0 saturated carbocycles. The number of benzene rings is 1. The lowest BCUT2D eigenvalue weighted by Crippen LogP contribution is -2.52. The maximum absolute atomic E-state index is 13.1. The molecule has 4 heterocycles. The van der Waals surface area contributed by atoms with Gasteiger partial charge in [0.25, 0.3) is 0 Å². The number of nitrogens with zero attached hydrogens (tertiary/aromatic N) is 6. The molecular weight excluding hydrogens is 555 g/mol. The van der Waals surface area contributed by atoms with Crippen LogP contribution in [0.2, 0.25) is 0 Å². The van der Waals surface area contributed by atoms with E-state index in [-0.39, 0.29) is 5.63 Å². The van der Waals surface area contributed by atoms with Crippen LogP contribution in [0.15, 0.2) is 39.7 Å². The van der Waals surface area contributed by atoms with Gasteiger partial charge in [-0.05, 0) is 49.1 Å². The molecule has 0 aliphatic carbocycles. The molecule has 0 bridgehead atoms. The van der Waals surface area contributed by atoms with Crippen LogP contribution in [-0.2, 0) is 6.42 Å². The van der Waals surface area contributed by atoms with E-state index in [2.05, 4.69) is 35.8 Å². The third kappa shape index (κ3) is 5.03. The number of pyridine rings is 1. The zero-order chi connectivity index (χ0) is 24.5. The summed E-state index contributed by atoms with van der Waals surface area (Å²) in [5, 5.41) is 0.568. The van der Waals surface area contributed by atoms with Crippen LogP contribution in [0.1, 0.15) is 25.3 Å². The van der Waals surface area contributed by atoms with Crippen LogP contribution >= 0.6 is 22.9 Å². The predicted octanol–water partition coefficient (Wildman–Crippen LogP) is 3.81. The van der Waals surface area contributed by atoms with Gasteiger partial charge in [0.1, 0.15) is 5.82 Å². The minimum absolute atomic E-state index is 0.334. The topological polar surface area (TPSA) is 69.0 Å². The van der Waals surface area contributed by atoms with Gasteiger partial charge in [0.2, 0.25) is 5.89 Å². The van der Waals surface area contributed by atoms with E-state index in [1.54, 1.807) is 6.20 Å². The molecule has 2 fully saturated rings. The molecule has 9 heteroatoms. The van der Waals surface area contributed by atoms with E-state index in [1.165, 1.54) is 12.8 Å². The van der Waals surface area contributed by atoms with Crippen LogP contribution in [0, 0.1) is 0 Å². The first-order valence-electron chi connectivity index (χ1n) is 12.4. The van der Waals surface area contributed by atoms with E-state index >= 15 is 0 Å². The molecule has 35 heavy (non-hydrogen) atoms. The summed E-state index contributed by atoms with van der Waals surface area (Å²) in [6.07, 6.45) is 5.01. The Morgan fingerprint density at radius 2 is 1.86 bits per heavy atom. The van der Waals surface area contributed by atoms with Crippen molar-refractivity contribution in [1.29, 1.82) is 0 Å². The van der Waals surface area contributed by atoms with Crippen LogP contribution in [0.4, 0.5) is 11.5 Å². The lowest BCUT2D eigenvalue weighted by atomic mass is 10.0. The molecule has 8 nitrogen and oxygen atoms in total. The van der Waals surface area contributed by atoms with Gasteiger partial charge in [0.15, 0.2) is 0 Å². The maximum atomic E-state index is 13.1. The molecule has 3 aromatic rings. The number of rotatable bonds is 5. The fraction of sp³-hybridized carbons (Fsp3) is 0.500. The molecule has 2 aliphatic rings. The highest BCUT2D eigenvalue weighted by atomic mass is 127. The first-order valence-corrected chi connectivity index (χ1v) is 13.4. The van der Waals surface area contributed by atoms with Crippen molar-refractivity contribution in [1.82, 2.24) is 18.0 Å². The van der Waals surface area contributed by atoms with Gasteiger partial charge >= 0.3 is 5.63 Å². The first-order chi connectivity index (χ1) is 16.9. The van der Waals surface area contributed by atoms with Crippen molar-refractivity contribution in [3.63, 3.8) is 0 Å². The van der Waals surface area contributed by atoms with E-state index < -0.39 is 0 Å². The Morgan fingerprint density at radius 1 is 1.11 bits per heavy atom. The van der Waals surface area contributed by atoms with Crippen molar-refractivity contribution in [3.8, 4) is 11.5 Å². The number of fused-ring (bicyclic) bond motifs is 1. The molecular formula is C26H33IN6O2. The van der Waals surface area contributed by atoms with Gasteiger partial charge in [-0.15, -0.1) is 0 Å². The molecule has 0 atom stereocenters. The van der Waals surface area contributed by atoms with Crippen molar-refractivity contribution >= 4 is 45.3 Å². The normalized spacial score (nSPS) is 18.3. The summed E-state index contributed by atoms with van der Waals surface area (Å²) in [7, 11) is 3.99. The zero-order valence-electron chi connectivity index (χ0n) is 20.7. The number of aryl methyl sites for hydroxylation is 1.